The number of carboxylic acid groups (broad SMARTS) is 1. The Morgan fingerprint density at radius 2 is 1.39 bits per heavy atom. The van der Waals surface area contributed by atoms with E-state index in [4.69, 9.17) is 33.2 Å². The number of ether oxygens (including phenoxy) is 7. The van der Waals surface area contributed by atoms with Gasteiger partial charge in [-0.3, -0.25) is 9.59 Å². The van der Waals surface area contributed by atoms with Crippen LogP contribution in [0.5, 0.6) is 0 Å². The van der Waals surface area contributed by atoms with Crippen LogP contribution in [0.3, 0.4) is 0 Å². The maximum atomic E-state index is 14.3. The largest absolute Gasteiger partial charge is 0.481 e. The van der Waals surface area contributed by atoms with Crippen molar-refractivity contribution in [3.05, 3.63) is 11.6 Å². The Bertz CT molecular complexity index is 1890. The lowest BCUT2D eigenvalue weighted by Crippen LogP contribution is -2.66. The van der Waals surface area contributed by atoms with E-state index in [1.807, 2.05) is 0 Å². The summed E-state index contributed by atoms with van der Waals surface area (Å²) < 4.78 is 42.8. The molecule has 3 saturated heterocycles. The van der Waals surface area contributed by atoms with Gasteiger partial charge in [-0.2, -0.15) is 0 Å². The molecule has 4 saturated carbocycles. The van der Waals surface area contributed by atoms with E-state index in [9.17, 15) is 55.5 Å². The number of allylic oxidation sites excluding steroid dienone is 2. The number of carboxylic acids is 1. The van der Waals surface area contributed by atoms with Crippen molar-refractivity contribution < 1.29 is 88.7 Å². The van der Waals surface area contributed by atoms with E-state index in [0.717, 1.165) is 57.8 Å². The van der Waals surface area contributed by atoms with Crippen molar-refractivity contribution in [3.63, 3.8) is 0 Å². The van der Waals surface area contributed by atoms with Crippen LogP contribution in [0.2, 0.25) is 0 Å². The number of fused-ring (bicyclic) bond motifs is 7. The van der Waals surface area contributed by atoms with Gasteiger partial charge >= 0.3 is 11.9 Å². The van der Waals surface area contributed by atoms with Crippen LogP contribution in [-0.2, 0) is 42.7 Å². The molecule has 0 amide bonds. The SMILES string of the molecule is C[C@@H]1O[C@@H](O[C@H]2[C@H](O[C@H]3CC[C@]4(C)[C@H]5CC=C6[C@@H]7CC(C)(C)CC[C@]7(C(=O)OCCCC(=O)O)CC[C@@]6(C)[C@]5(C)CC[C@H]4C3(C)C)OC[C@H](O[C@@H]3O[C@H](CO)[C@@H](O)[C@H](O)[C@H]3O)[C@@H]2O)[C@H](O)[C@H](O)[C@H]1O. The Morgan fingerprint density at radius 3 is 2.07 bits per heavy atom. The minimum Gasteiger partial charge on any atom is -0.481 e. The predicted molar refractivity (Wildman–Crippen MR) is 243 cm³/mol. The van der Waals surface area contributed by atoms with E-state index in [0.29, 0.717) is 18.8 Å². The molecule has 0 spiro atoms. The molecule has 3 aliphatic heterocycles. The van der Waals surface area contributed by atoms with E-state index >= 15 is 0 Å². The topological polar surface area (TPSA) is 281 Å². The fraction of sp³-hybridized carbons (Fsp3) is 0.922. The molecule has 7 fully saturated rings. The van der Waals surface area contributed by atoms with E-state index in [2.05, 4.69) is 54.5 Å². The van der Waals surface area contributed by atoms with Crippen molar-refractivity contribution in [3.8, 4) is 0 Å². The molecule has 0 radical (unpaired) electrons. The summed E-state index contributed by atoms with van der Waals surface area (Å²) in [5, 5.41) is 94.7. The van der Waals surface area contributed by atoms with Crippen LogP contribution in [0.1, 0.15) is 132 Å². The summed E-state index contributed by atoms with van der Waals surface area (Å²) in [7, 11) is 0. The third kappa shape index (κ3) is 9.07. The van der Waals surface area contributed by atoms with Crippen molar-refractivity contribution in [1.82, 2.24) is 0 Å². The Kier molecular flexibility index (Phi) is 15.0. The van der Waals surface area contributed by atoms with Gasteiger partial charge < -0.3 is 79.1 Å². The maximum absolute atomic E-state index is 14.3. The van der Waals surface area contributed by atoms with Gasteiger partial charge in [-0.15, -0.1) is 0 Å². The smallest absolute Gasteiger partial charge is 0.312 e. The zero-order valence-corrected chi connectivity index (χ0v) is 41.8. The van der Waals surface area contributed by atoms with Crippen LogP contribution >= 0.6 is 0 Å². The number of aliphatic hydroxyl groups is 8. The Balaban J connectivity index is 1.03. The number of esters is 1. The second-order valence-corrected chi connectivity index (χ2v) is 24.3. The average Bonchev–Trinajstić information content (AvgIpc) is 3.28. The number of aliphatic hydroxyl groups excluding tert-OH is 8. The van der Waals surface area contributed by atoms with Crippen molar-refractivity contribution in [2.45, 2.75) is 225 Å². The number of carbonyl (C=O) groups excluding carboxylic acids is 1. The predicted octanol–water partition coefficient (Wildman–Crippen LogP) is 2.70. The van der Waals surface area contributed by atoms with Gasteiger partial charge in [-0.05, 0) is 122 Å². The third-order valence-corrected chi connectivity index (χ3v) is 19.7. The summed E-state index contributed by atoms with van der Waals surface area (Å²) >= 11 is 0. The van der Waals surface area contributed by atoms with Crippen LogP contribution in [0.4, 0.5) is 0 Å². The molecule has 22 atom stereocenters. The summed E-state index contributed by atoms with van der Waals surface area (Å²) in [5.74, 6) is -0.515. The van der Waals surface area contributed by atoms with Crippen molar-refractivity contribution in [1.29, 1.82) is 0 Å². The highest BCUT2D eigenvalue weighted by Crippen LogP contribution is 2.76. The number of hydrogen-bond donors (Lipinski definition) is 9. The molecule has 9 N–H and O–H groups in total. The summed E-state index contributed by atoms with van der Waals surface area (Å²) in [6.45, 7) is 17.1. The molecular weight excluding hydrogens is 901 g/mol. The first-order valence-electron chi connectivity index (χ1n) is 25.6. The Hall–Kier alpha value is -1.88. The summed E-state index contributed by atoms with van der Waals surface area (Å²) in [6, 6.07) is 0. The van der Waals surface area contributed by atoms with E-state index < -0.39 is 116 Å². The van der Waals surface area contributed by atoms with Crippen LogP contribution in [0.25, 0.3) is 0 Å². The first kappa shape index (κ1) is 53.4. The molecule has 0 aromatic rings. The molecule has 0 aromatic heterocycles. The second-order valence-electron chi connectivity index (χ2n) is 24.3. The Morgan fingerprint density at radius 1 is 0.725 bits per heavy atom. The highest BCUT2D eigenvalue weighted by atomic mass is 16.8. The monoisotopic (exact) mass is 983 g/mol. The second kappa shape index (κ2) is 19.4. The lowest BCUT2D eigenvalue weighted by Gasteiger charge is -2.71. The molecule has 69 heavy (non-hydrogen) atoms. The highest BCUT2D eigenvalue weighted by Gasteiger charge is 2.70. The number of rotatable bonds is 12. The van der Waals surface area contributed by atoms with Crippen LogP contribution in [0.15, 0.2) is 11.6 Å². The minimum absolute atomic E-state index is 0.0377. The first-order valence-corrected chi connectivity index (χ1v) is 25.6. The number of aliphatic carboxylic acids is 1. The van der Waals surface area contributed by atoms with Gasteiger partial charge in [0.25, 0.3) is 0 Å². The molecular formula is C51H82O18. The first-order chi connectivity index (χ1) is 32.3. The lowest BCUT2D eigenvalue weighted by molar-refractivity contribution is -0.380. The van der Waals surface area contributed by atoms with Gasteiger partial charge in [-0.1, -0.05) is 60.1 Å². The highest BCUT2D eigenvalue weighted by molar-refractivity contribution is 5.79. The molecule has 8 rings (SSSR count). The summed E-state index contributed by atoms with van der Waals surface area (Å²) in [5.41, 5.74) is 0.0397. The molecule has 18 nitrogen and oxygen atoms in total. The van der Waals surface area contributed by atoms with Crippen LogP contribution in [0, 0.1) is 50.2 Å². The fourth-order valence-electron chi connectivity index (χ4n) is 15.3. The lowest BCUT2D eigenvalue weighted by atomic mass is 9.33. The Labute approximate surface area is 406 Å². The van der Waals surface area contributed by atoms with Crippen LogP contribution < -0.4 is 0 Å². The van der Waals surface area contributed by atoms with Gasteiger partial charge in [-0.25, -0.2) is 0 Å². The molecule has 0 aromatic carbocycles. The zero-order chi connectivity index (χ0) is 50.4. The van der Waals surface area contributed by atoms with Crippen molar-refractivity contribution in [2.75, 3.05) is 19.8 Å². The summed E-state index contributed by atoms with van der Waals surface area (Å²) in [6.07, 6.45) is -10.1. The van der Waals surface area contributed by atoms with E-state index in [1.54, 1.807) is 0 Å². The van der Waals surface area contributed by atoms with E-state index in [-0.39, 0.29) is 59.1 Å². The van der Waals surface area contributed by atoms with Gasteiger partial charge in [0.05, 0.1) is 37.4 Å². The molecule has 18 heteroatoms. The molecule has 394 valence electrons. The van der Waals surface area contributed by atoms with Crippen LogP contribution in [-0.4, -0.2) is 170 Å². The molecule has 3 heterocycles. The summed E-state index contributed by atoms with van der Waals surface area (Å²) in [4.78, 5) is 25.5. The van der Waals surface area contributed by atoms with Gasteiger partial charge in [0.2, 0.25) is 0 Å². The molecule has 8 aliphatic rings. The van der Waals surface area contributed by atoms with Gasteiger partial charge in [0.1, 0.15) is 61.0 Å². The quantitative estimate of drug-likeness (QED) is 0.0588. The zero-order valence-electron chi connectivity index (χ0n) is 41.8. The van der Waals surface area contributed by atoms with Crippen molar-refractivity contribution >= 4 is 11.9 Å². The van der Waals surface area contributed by atoms with Gasteiger partial charge in [0.15, 0.2) is 18.9 Å². The average molecular weight is 983 g/mol. The normalized spacial score (nSPS) is 50.3. The van der Waals surface area contributed by atoms with E-state index in [1.165, 1.54) is 12.5 Å². The fourth-order valence-corrected chi connectivity index (χ4v) is 15.3. The molecule has 5 aliphatic carbocycles. The minimum atomic E-state index is -1.76. The van der Waals surface area contributed by atoms with Crippen molar-refractivity contribution in [2.24, 2.45) is 50.2 Å². The van der Waals surface area contributed by atoms with Gasteiger partial charge in [0, 0.05) is 6.42 Å². The third-order valence-electron chi connectivity index (χ3n) is 19.7. The maximum Gasteiger partial charge on any atom is 0.312 e. The molecule has 0 unspecified atom stereocenters. The standard InChI is InChI=1S/C51H82O18/c1-25-34(55)37(58)39(60)42(65-25)69-41-36(57)29(67-43-40(61)38(59)35(56)28(23-52)66-43)24-64-44(41)68-32-14-15-48(6)30(47(32,4)5)13-16-50(8)31(48)12-11-26-27-22-46(2,3)17-19-51(27,20-18-49(26,50)7)45(62)63-21-9-10-33(53)54/h11,25,27-32,34-44,52,55-61H,9-10,12-24H2,1-8H3,(H,53,54)/t25-,27-,28+,29-,30-,31+,32-,34-,35+,36-,37+,38-,39+,40+,41+,42-,43-,44-,48-,49+,50+,51-/m0/s1. The number of hydrogen-bond acceptors (Lipinski definition) is 17. The number of carbonyl (C=O) groups is 2. The molecule has 0 bridgehead atoms.